The fraction of sp³-hybridized carbons (Fsp3) is 0.700. The number of hydrogen-bond donors (Lipinski definition) is 1. The molecule has 0 bridgehead atoms. The van der Waals surface area contributed by atoms with Crippen LogP contribution >= 0.6 is 0 Å². The third-order valence-corrected chi connectivity index (χ3v) is 1.70. The molecule has 2 nitrogen and oxygen atoms in total. The van der Waals surface area contributed by atoms with E-state index in [4.69, 9.17) is 0 Å². The van der Waals surface area contributed by atoms with Gasteiger partial charge in [0.1, 0.15) is 0 Å². The van der Waals surface area contributed by atoms with Gasteiger partial charge in [-0.2, -0.15) is 0 Å². The Morgan fingerprint density at radius 1 is 1.25 bits per heavy atom. The Hall–Kier alpha value is -0.790. The van der Waals surface area contributed by atoms with E-state index >= 15 is 0 Å². The molecule has 0 fully saturated rings. The fourth-order valence-corrected chi connectivity index (χ4v) is 0.700. The van der Waals surface area contributed by atoms with Gasteiger partial charge in [-0.25, -0.2) is 0 Å². The van der Waals surface area contributed by atoms with Crippen molar-refractivity contribution in [1.82, 2.24) is 5.32 Å². The third-order valence-electron chi connectivity index (χ3n) is 1.70. The van der Waals surface area contributed by atoms with E-state index in [1.54, 1.807) is 6.08 Å². The second kappa shape index (κ2) is 4.96. The summed E-state index contributed by atoms with van der Waals surface area (Å²) in [4.78, 5) is 11.2. The SMILES string of the molecule is C/C(=C/C(=O)NC(C)C)C(C)C. The molecule has 0 atom stereocenters. The summed E-state index contributed by atoms with van der Waals surface area (Å²) in [6, 6.07) is 0.216. The first-order chi connectivity index (χ1) is 5.43. The van der Waals surface area contributed by atoms with Gasteiger partial charge in [0.05, 0.1) is 0 Å². The summed E-state index contributed by atoms with van der Waals surface area (Å²) in [6.07, 6.45) is 1.67. The lowest BCUT2D eigenvalue weighted by Crippen LogP contribution is -2.28. The standard InChI is InChI=1S/C10H19NO/c1-7(2)9(5)6-10(12)11-8(3)4/h6-8H,1-5H3,(H,11,12)/b9-6-. The van der Waals surface area contributed by atoms with E-state index in [1.807, 2.05) is 20.8 Å². The molecule has 0 aromatic heterocycles. The van der Waals surface area contributed by atoms with Crippen molar-refractivity contribution in [2.75, 3.05) is 0 Å². The van der Waals surface area contributed by atoms with Gasteiger partial charge in [0, 0.05) is 12.1 Å². The van der Waals surface area contributed by atoms with Crippen LogP contribution in [0, 0.1) is 5.92 Å². The molecule has 0 aromatic rings. The van der Waals surface area contributed by atoms with Crippen molar-refractivity contribution >= 4 is 5.91 Å². The van der Waals surface area contributed by atoms with E-state index in [9.17, 15) is 4.79 Å². The van der Waals surface area contributed by atoms with E-state index < -0.39 is 0 Å². The second-order valence-corrected chi connectivity index (χ2v) is 3.71. The molecule has 0 aromatic carbocycles. The molecule has 12 heavy (non-hydrogen) atoms. The Bertz CT molecular complexity index is 180. The maximum atomic E-state index is 11.2. The highest BCUT2D eigenvalue weighted by Gasteiger charge is 2.01. The van der Waals surface area contributed by atoms with Crippen molar-refractivity contribution in [3.8, 4) is 0 Å². The van der Waals surface area contributed by atoms with Gasteiger partial charge >= 0.3 is 0 Å². The van der Waals surface area contributed by atoms with Crippen molar-refractivity contribution in [3.63, 3.8) is 0 Å². The highest BCUT2D eigenvalue weighted by Crippen LogP contribution is 2.06. The second-order valence-electron chi connectivity index (χ2n) is 3.71. The van der Waals surface area contributed by atoms with Gasteiger partial charge < -0.3 is 5.32 Å². The van der Waals surface area contributed by atoms with Gasteiger partial charge in [-0.3, -0.25) is 4.79 Å². The van der Waals surface area contributed by atoms with Crippen molar-refractivity contribution in [3.05, 3.63) is 11.6 Å². The van der Waals surface area contributed by atoms with Gasteiger partial charge in [-0.1, -0.05) is 19.4 Å². The lowest BCUT2D eigenvalue weighted by atomic mass is 10.1. The maximum Gasteiger partial charge on any atom is 0.244 e. The molecule has 70 valence electrons. The first kappa shape index (κ1) is 11.2. The summed E-state index contributed by atoms with van der Waals surface area (Å²) in [5, 5.41) is 2.81. The van der Waals surface area contributed by atoms with Crippen LogP contribution in [0.4, 0.5) is 0 Å². The Kier molecular flexibility index (Phi) is 4.64. The lowest BCUT2D eigenvalue weighted by Gasteiger charge is -2.07. The minimum atomic E-state index is 0.0104. The number of allylic oxidation sites excluding steroid dienone is 1. The van der Waals surface area contributed by atoms with Gasteiger partial charge in [-0.15, -0.1) is 0 Å². The molecule has 0 saturated heterocycles. The zero-order valence-corrected chi connectivity index (χ0v) is 8.64. The van der Waals surface area contributed by atoms with Crippen molar-refractivity contribution in [1.29, 1.82) is 0 Å². The molecule has 0 radical (unpaired) electrons. The molecule has 0 rings (SSSR count). The van der Waals surface area contributed by atoms with Crippen LogP contribution in [0.3, 0.4) is 0 Å². The third kappa shape index (κ3) is 4.94. The van der Waals surface area contributed by atoms with Crippen LogP contribution in [0.25, 0.3) is 0 Å². The summed E-state index contributed by atoms with van der Waals surface area (Å²) >= 11 is 0. The van der Waals surface area contributed by atoms with Gasteiger partial charge in [-0.05, 0) is 26.7 Å². The quantitative estimate of drug-likeness (QED) is 0.644. The van der Waals surface area contributed by atoms with E-state index in [1.165, 1.54) is 0 Å². The molecule has 0 heterocycles. The zero-order valence-electron chi connectivity index (χ0n) is 8.64. The summed E-state index contributed by atoms with van der Waals surface area (Å²) in [7, 11) is 0. The normalized spacial score (nSPS) is 12.4. The number of amides is 1. The predicted molar refractivity (Wildman–Crippen MR) is 51.9 cm³/mol. The van der Waals surface area contributed by atoms with Crippen LogP contribution in [-0.2, 0) is 4.79 Å². The number of rotatable bonds is 3. The monoisotopic (exact) mass is 169 g/mol. The molecule has 2 heteroatoms. The minimum Gasteiger partial charge on any atom is -0.350 e. The molecule has 1 N–H and O–H groups in total. The van der Waals surface area contributed by atoms with E-state index in [-0.39, 0.29) is 11.9 Å². The number of carbonyl (C=O) groups excluding carboxylic acids is 1. The molecule has 0 aliphatic heterocycles. The molecular formula is C10H19NO. The van der Waals surface area contributed by atoms with Crippen LogP contribution in [-0.4, -0.2) is 11.9 Å². The van der Waals surface area contributed by atoms with Crippen molar-refractivity contribution < 1.29 is 4.79 Å². The first-order valence-corrected chi connectivity index (χ1v) is 4.42. The zero-order chi connectivity index (χ0) is 9.72. The molecule has 1 amide bonds. The average molecular weight is 169 g/mol. The number of carbonyl (C=O) groups is 1. The van der Waals surface area contributed by atoms with Crippen molar-refractivity contribution in [2.45, 2.75) is 40.7 Å². The molecule has 0 unspecified atom stereocenters. The number of nitrogens with one attached hydrogen (secondary N) is 1. The molecular weight excluding hydrogens is 150 g/mol. The van der Waals surface area contributed by atoms with Gasteiger partial charge in [0.2, 0.25) is 5.91 Å². The van der Waals surface area contributed by atoms with Crippen LogP contribution in [0.2, 0.25) is 0 Å². The molecule has 0 saturated carbocycles. The van der Waals surface area contributed by atoms with Crippen LogP contribution in [0.1, 0.15) is 34.6 Å². The highest BCUT2D eigenvalue weighted by molar-refractivity contribution is 5.88. The largest absolute Gasteiger partial charge is 0.350 e. The Balaban J connectivity index is 4.06. The fourth-order valence-electron chi connectivity index (χ4n) is 0.700. The van der Waals surface area contributed by atoms with Crippen LogP contribution in [0.15, 0.2) is 11.6 Å². The Labute approximate surface area is 75.0 Å². The van der Waals surface area contributed by atoms with E-state index in [2.05, 4.69) is 19.2 Å². The van der Waals surface area contributed by atoms with Crippen LogP contribution < -0.4 is 5.32 Å². The van der Waals surface area contributed by atoms with Gasteiger partial charge in [0.25, 0.3) is 0 Å². The summed E-state index contributed by atoms with van der Waals surface area (Å²) in [5.74, 6) is 0.458. The van der Waals surface area contributed by atoms with Gasteiger partial charge in [0.15, 0.2) is 0 Å². The summed E-state index contributed by atoms with van der Waals surface area (Å²) in [6.45, 7) is 10.0. The van der Waals surface area contributed by atoms with E-state index in [0.29, 0.717) is 5.92 Å². The lowest BCUT2D eigenvalue weighted by molar-refractivity contribution is -0.117. The van der Waals surface area contributed by atoms with E-state index in [0.717, 1.165) is 5.57 Å². The first-order valence-electron chi connectivity index (χ1n) is 4.42. The summed E-state index contributed by atoms with van der Waals surface area (Å²) < 4.78 is 0. The van der Waals surface area contributed by atoms with Crippen LogP contribution in [0.5, 0.6) is 0 Å². The predicted octanol–water partition coefficient (Wildman–Crippen LogP) is 2.11. The minimum absolute atomic E-state index is 0.0104. The Morgan fingerprint density at radius 2 is 1.75 bits per heavy atom. The maximum absolute atomic E-state index is 11.2. The number of hydrogen-bond acceptors (Lipinski definition) is 1. The average Bonchev–Trinajstić information content (AvgIpc) is 1.84. The molecule has 0 spiro atoms. The van der Waals surface area contributed by atoms with Crippen molar-refractivity contribution in [2.24, 2.45) is 5.92 Å². The molecule has 0 aliphatic carbocycles. The smallest absolute Gasteiger partial charge is 0.244 e. The molecule has 0 aliphatic rings. The Morgan fingerprint density at radius 3 is 2.08 bits per heavy atom. The topological polar surface area (TPSA) is 29.1 Å². The summed E-state index contributed by atoms with van der Waals surface area (Å²) in [5.41, 5.74) is 1.12. The highest BCUT2D eigenvalue weighted by atomic mass is 16.1.